The van der Waals surface area contributed by atoms with Crippen LogP contribution in [0, 0.1) is 5.92 Å². The first-order chi connectivity index (χ1) is 7.29. The Hall–Kier alpha value is -0.570. The van der Waals surface area contributed by atoms with Crippen LogP contribution < -0.4 is 5.32 Å². The standard InChI is InChI=1S/C12H22N2O/c1-14(11-4-2-3-5-11)12(15)10-6-8-13-9-7-10/h10-11,13H,2-9H2,1H3. The van der Waals surface area contributed by atoms with E-state index in [4.69, 9.17) is 0 Å². The molecule has 0 aromatic rings. The molecule has 2 fully saturated rings. The van der Waals surface area contributed by atoms with Gasteiger partial charge in [-0.05, 0) is 38.8 Å². The van der Waals surface area contributed by atoms with E-state index in [9.17, 15) is 4.79 Å². The van der Waals surface area contributed by atoms with Gasteiger partial charge in [-0.3, -0.25) is 4.79 Å². The Morgan fingerprint density at radius 2 is 1.73 bits per heavy atom. The molecule has 15 heavy (non-hydrogen) atoms. The fourth-order valence-electron chi connectivity index (χ4n) is 2.83. The van der Waals surface area contributed by atoms with E-state index in [0.717, 1.165) is 25.9 Å². The average molecular weight is 210 g/mol. The maximum atomic E-state index is 12.2. The minimum absolute atomic E-state index is 0.289. The van der Waals surface area contributed by atoms with Gasteiger partial charge in [0.25, 0.3) is 0 Å². The van der Waals surface area contributed by atoms with Crippen molar-refractivity contribution in [3.05, 3.63) is 0 Å². The monoisotopic (exact) mass is 210 g/mol. The number of carbonyl (C=O) groups excluding carboxylic acids is 1. The Bertz CT molecular complexity index is 218. The van der Waals surface area contributed by atoms with Crippen LogP contribution in [0.1, 0.15) is 38.5 Å². The molecule has 1 heterocycles. The van der Waals surface area contributed by atoms with Crippen molar-refractivity contribution in [3.63, 3.8) is 0 Å². The summed E-state index contributed by atoms with van der Waals surface area (Å²) in [5.41, 5.74) is 0. The lowest BCUT2D eigenvalue weighted by Gasteiger charge is -2.30. The van der Waals surface area contributed by atoms with Crippen LogP contribution in [0.2, 0.25) is 0 Å². The number of rotatable bonds is 2. The van der Waals surface area contributed by atoms with Crippen LogP contribution in [-0.2, 0) is 4.79 Å². The highest BCUT2D eigenvalue weighted by molar-refractivity contribution is 5.79. The summed E-state index contributed by atoms with van der Waals surface area (Å²) < 4.78 is 0. The number of carbonyl (C=O) groups is 1. The van der Waals surface area contributed by atoms with Crippen molar-refractivity contribution in [2.75, 3.05) is 20.1 Å². The second kappa shape index (κ2) is 4.97. The minimum atomic E-state index is 0.289. The molecule has 0 unspecified atom stereocenters. The number of nitrogens with zero attached hydrogens (tertiary/aromatic N) is 1. The smallest absolute Gasteiger partial charge is 0.225 e. The van der Waals surface area contributed by atoms with Crippen molar-refractivity contribution >= 4 is 5.91 Å². The molecule has 86 valence electrons. The highest BCUT2D eigenvalue weighted by atomic mass is 16.2. The summed E-state index contributed by atoms with van der Waals surface area (Å²) in [5.74, 6) is 0.681. The maximum absolute atomic E-state index is 12.2. The summed E-state index contributed by atoms with van der Waals surface area (Å²) in [6.07, 6.45) is 7.08. The van der Waals surface area contributed by atoms with Crippen molar-refractivity contribution in [2.24, 2.45) is 5.92 Å². The van der Waals surface area contributed by atoms with Crippen LogP contribution in [0.5, 0.6) is 0 Å². The van der Waals surface area contributed by atoms with Crippen LogP contribution >= 0.6 is 0 Å². The fourth-order valence-corrected chi connectivity index (χ4v) is 2.83. The van der Waals surface area contributed by atoms with Crippen molar-refractivity contribution < 1.29 is 4.79 Å². The number of nitrogens with one attached hydrogen (secondary N) is 1. The van der Waals surface area contributed by atoms with Gasteiger partial charge in [-0.15, -0.1) is 0 Å². The first-order valence-electron chi connectivity index (χ1n) is 6.26. The molecule has 0 radical (unpaired) electrons. The van der Waals surface area contributed by atoms with E-state index in [1.165, 1.54) is 25.7 Å². The molecule has 0 bridgehead atoms. The third-order valence-corrected chi connectivity index (χ3v) is 3.91. The van der Waals surface area contributed by atoms with Gasteiger partial charge < -0.3 is 10.2 Å². The summed E-state index contributed by atoms with van der Waals surface area (Å²) in [5, 5.41) is 3.31. The van der Waals surface area contributed by atoms with Crippen LogP contribution in [-0.4, -0.2) is 37.0 Å². The lowest BCUT2D eigenvalue weighted by Crippen LogP contribution is -2.43. The van der Waals surface area contributed by atoms with Gasteiger partial charge in [0, 0.05) is 19.0 Å². The number of hydrogen-bond acceptors (Lipinski definition) is 2. The van der Waals surface area contributed by atoms with Crippen LogP contribution in [0.25, 0.3) is 0 Å². The van der Waals surface area contributed by atoms with E-state index >= 15 is 0 Å². The number of amides is 1. The van der Waals surface area contributed by atoms with Crippen molar-refractivity contribution in [1.82, 2.24) is 10.2 Å². The predicted molar refractivity (Wildman–Crippen MR) is 60.6 cm³/mol. The zero-order valence-corrected chi connectivity index (χ0v) is 9.67. The van der Waals surface area contributed by atoms with Gasteiger partial charge in [0.1, 0.15) is 0 Å². The normalized spacial score (nSPS) is 24.3. The molecule has 2 aliphatic rings. The summed E-state index contributed by atoms with van der Waals surface area (Å²) in [6.45, 7) is 2.02. The molecule has 1 saturated heterocycles. The molecule has 3 nitrogen and oxygen atoms in total. The van der Waals surface area contributed by atoms with E-state index in [-0.39, 0.29) is 5.92 Å². The summed E-state index contributed by atoms with van der Waals surface area (Å²) in [7, 11) is 2.00. The minimum Gasteiger partial charge on any atom is -0.343 e. The molecule has 0 spiro atoms. The van der Waals surface area contributed by atoms with Gasteiger partial charge >= 0.3 is 0 Å². The number of hydrogen-bond donors (Lipinski definition) is 1. The summed E-state index contributed by atoms with van der Waals surface area (Å²) in [4.78, 5) is 14.2. The molecule has 3 heteroatoms. The van der Waals surface area contributed by atoms with Gasteiger partial charge in [0.05, 0.1) is 0 Å². The molecule has 1 N–H and O–H groups in total. The molecule has 1 saturated carbocycles. The van der Waals surface area contributed by atoms with E-state index in [1.54, 1.807) is 0 Å². The highest BCUT2D eigenvalue weighted by Gasteiger charge is 2.29. The Kier molecular flexibility index (Phi) is 3.62. The van der Waals surface area contributed by atoms with Gasteiger partial charge in [0.2, 0.25) is 5.91 Å². The first kappa shape index (κ1) is 10.9. The molecule has 1 aliphatic heterocycles. The molecule has 0 aromatic carbocycles. The molecular weight excluding hydrogens is 188 g/mol. The quantitative estimate of drug-likeness (QED) is 0.747. The summed E-state index contributed by atoms with van der Waals surface area (Å²) >= 11 is 0. The van der Waals surface area contributed by atoms with Crippen molar-refractivity contribution in [2.45, 2.75) is 44.6 Å². The Morgan fingerprint density at radius 1 is 1.13 bits per heavy atom. The summed E-state index contributed by atoms with van der Waals surface area (Å²) in [6, 6.07) is 0.535. The van der Waals surface area contributed by atoms with Crippen LogP contribution in [0.3, 0.4) is 0 Å². The molecule has 0 atom stereocenters. The fraction of sp³-hybridized carbons (Fsp3) is 0.917. The molecule has 1 amide bonds. The average Bonchev–Trinajstić information content (AvgIpc) is 2.82. The van der Waals surface area contributed by atoms with Crippen molar-refractivity contribution in [3.8, 4) is 0 Å². The topological polar surface area (TPSA) is 32.3 Å². The molecule has 0 aromatic heterocycles. The van der Waals surface area contributed by atoms with Crippen molar-refractivity contribution in [1.29, 1.82) is 0 Å². The largest absolute Gasteiger partial charge is 0.343 e. The SMILES string of the molecule is CN(C(=O)C1CCNCC1)C1CCCC1. The predicted octanol–water partition coefficient (Wildman–Crippen LogP) is 1.39. The van der Waals surface area contributed by atoms with E-state index < -0.39 is 0 Å². The third kappa shape index (κ3) is 2.51. The maximum Gasteiger partial charge on any atom is 0.225 e. The Morgan fingerprint density at radius 3 is 2.33 bits per heavy atom. The lowest BCUT2D eigenvalue weighted by molar-refractivity contribution is -0.137. The third-order valence-electron chi connectivity index (χ3n) is 3.91. The van der Waals surface area contributed by atoms with Gasteiger partial charge in [-0.1, -0.05) is 12.8 Å². The molecular formula is C12H22N2O. The lowest BCUT2D eigenvalue weighted by atomic mass is 9.96. The number of piperidine rings is 1. The van der Waals surface area contributed by atoms with E-state index in [1.807, 2.05) is 11.9 Å². The first-order valence-corrected chi connectivity index (χ1v) is 6.26. The van der Waals surface area contributed by atoms with E-state index in [0.29, 0.717) is 11.9 Å². The van der Waals surface area contributed by atoms with Gasteiger partial charge in [0.15, 0.2) is 0 Å². The van der Waals surface area contributed by atoms with Gasteiger partial charge in [-0.25, -0.2) is 0 Å². The molecule has 2 rings (SSSR count). The van der Waals surface area contributed by atoms with Crippen LogP contribution in [0.15, 0.2) is 0 Å². The highest BCUT2D eigenvalue weighted by Crippen LogP contribution is 2.25. The van der Waals surface area contributed by atoms with Crippen LogP contribution in [0.4, 0.5) is 0 Å². The zero-order chi connectivity index (χ0) is 10.7. The van der Waals surface area contributed by atoms with Gasteiger partial charge in [-0.2, -0.15) is 0 Å². The Balaban J connectivity index is 1.87. The van der Waals surface area contributed by atoms with E-state index in [2.05, 4.69) is 5.32 Å². The second-order valence-corrected chi connectivity index (χ2v) is 4.91. The molecule has 1 aliphatic carbocycles. The Labute approximate surface area is 92.2 Å². The zero-order valence-electron chi connectivity index (χ0n) is 9.67. The second-order valence-electron chi connectivity index (χ2n) is 4.91.